The van der Waals surface area contributed by atoms with Gasteiger partial charge in [0.1, 0.15) is 0 Å². The minimum Gasteiger partial charge on any atom is -0.378 e. The zero-order valence-corrected chi connectivity index (χ0v) is 8.92. The molecule has 2 aliphatic rings. The molecule has 6 heteroatoms. The van der Waals surface area contributed by atoms with Crippen LogP contribution in [0.2, 0.25) is 0 Å². The van der Waals surface area contributed by atoms with Crippen LogP contribution in [0, 0.1) is 0 Å². The van der Waals surface area contributed by atoms with Crippen LogP contribution in [0.25, 0.3) is 0 Å². The van der Waals surface area contributed by atoms with Gasteiger partial charge in [-0.2, -0.15) is 0 Å². The van der Waals surface area contributed by atoms with Crippen molar-refractivity contribution in [1.29, 1.82) is 0 Å². The summed E-state index contributed by atoms with van der Waals surface area (Å²) in [6.07, 6.45) is -0.413. The standard InChI is InChI=1S/C8H15NO4S/c1-12-7-4-14(10,11)5-8(7)13-6-2-9-3-6/h6-9H,2-5H2,1H3. The van der Waals surface area contributed by atoms with Crippen molar-refractivity contribution in [2.45, 2.75) is 18.3 Å². The molecule has 2 unspecified atom stereocenters. The van der Waals surface area contributed by atoms with Gasteiger partial charge >= 0.3 is 0 Å². The fourth-order valence-corrected chi connectivity index (χ4v) is 3.52. The first-order chi connectivity index (χ1) is 6.61. The Hall–Kier alpha value is -0.170. The first kappa shape index (κ1) is 10.4. The minimum absolute atomic E-state index is 0.0916. The average Bonchev–Trinajstić information content (AvgIpc) is 2.33. The summed E-state index contributed by atoms with van der Waals surface area (Å²) in [5.41, 5.74) is 0. The van der Waals surface area contributed by atoms with Crippen LogP contribution in [0.4, 0.5) is 0 Å². The molecule has 0 aromatic heterocycles. The molecule has 2 saturated heterocycles. The van der Waals surface area contributed by atoms with Crippen molar-refractivity contribution in [3.05, 3.63) is 0 Å². The quantitative estimate of drug-likeness (QED) is 0.647. The highest BCUT2D eigenvalue weighted by Gasteiger charge is 2.40. The van der Waals surface area contributed by atoms with Crippen LogP contribution in [-0.4, -0.2) is 58.4 Å². The van der Waals surface area contributed by atoms with E-state index < -0.39 is 9.84 Å². The highest BCUT2D eigenvalue weighted by Crippen LogP contribution is 2.20. The van der Waals surface area contributed by atoms with E-state index in [1.54, 1.807) is 0 Å². The molecule has 2 rings (SSSR count). The minimum atomic E-state index is -2.96. The molecule has 2 aliphatic heterocycles. The third-order valence-corrected chi connectivity index (χ3v) is 4.34. The Labute approximate surface area is 83.7 Å². The Kier molecular flexibility index (Phi) is 2.79. The molecule has 14 heavy (non-hydrogen) atoms. The van der Waals surface area contributed by atoms with Gasteiger partial charge in [0.2, 0.25) is 0 Å². The lowest BCUT2D eigenvalue weighted by atomic mass is 10.2. The Morgan fingerprint density at radius 1 is 1.21 bits per heavy atom. The van der Waals surface area contributed by atoms with E-state index in [4.69, 9.17) is 9.47 Å². The SMILES string of the molecule is COC1CS(=O)(=O)CC1OC1CNC1. The number of methoxy groups -OCH3 is 1. The summed E-state index contributed by atoms with van der Waals surface area (Å²) in [5, 5.41) is 3.07. The van der Waals surface area contributed by atoms with Gasteiger partial charge in [-0.05, 0) is 0 Å². The van der Waals surface area contributed by atoms with Crippen molar-refractivity contribution in [1.82, 2.24) is 5.32 Å². The molecule has 0 aliphatic carbocycles. The smallest absolute Gasteiger partial charge is 0.155 e. The maximum Gasteiger partial charge on any atom is 0.155 e. The molecular formula is C8H15NO4S. The topological polar surface area (TPSA) is 64.6 Å². The third-order valence-electron chi connectivity index (χ3n) is 2.67. The van der Waals surface area contributed by atoms with E-state index >= 15 is 0 Å². The molecule has 0 amide bonds. The number of hydrogen-bond donors (Lipinski definition) is 1. The van der Waals surface area contributed by atoms with Crippen LogP contribution in [0.1, 0.15) is 0 Å². The van der Waals surface area contributed by atoms with Crippen molar-refractivity contribution in [3.8, 4) is 0 Å². The Morgan fingerprint density at radius 2 is 1.86 bits per heavy atom. The Balaban J connectivity index is 1.95. The fourth-order valence-electron chi connectivity index (χ4n) is 1.74. The molecule has 0 aromatic carbocycles. The van der Waals surface area contributed by atoms with Gasteiger partial charge in [-0.25, -0.2) is 8.42 Å². The zero-order valence-electron chi connectivity index (χ0n) is 8.10. The van der Waals surface area contributed by atoms with Crippen molar-refractivity contribution < 1.29 is 17.9 Å². The summed E-state index contributed by atoms with van der Waals surface area (Å²) in [4.78, 5) is 0. The first-order valence-electron chi connectivity index (χ1n) is 4.70. The lowest BCUT2D eigenvalue weighted by Gasteiger charge is -2.31. The average molecular weight is 221 g/mol. The van der Waals surface area contributed by atoms with Crippen molar-refractivity contribution >= 4 is 9.84 Å². The normalized spacial score (nSPS) is 36.9. The summed E-state index contributed by atoms with van der Waals surface area (Å²) in [6, 6.07) is 0. The van der Waals surface area contributed by atoms with Gasteiger partial charge in [0.15, 0.2) is 9.84 Å². The summed E-state index contributed by atoms with van der Waals surface area (Å²) < 4.78 is 33.4. The highest BCUT2D eigenvalue weighted by atomic mass is 32.2. The van der Waals surface area contributed by atoms with Crippen LogP contribution in [0.5, 0.6) is 0 Å². The van der Waals surface area contributed by atoms with E-state index in [2.05, 4.69) is 5.32 Å². The second-order valence-corrected chi connectivity index (χ2v) is 5.96. The van der Waals surface area contributed by atoms with Crippen molar-refractivity contribution in [2.75, 3.05) is 31.7 Å². The predicted octanol–water partition coefficient (Wildman–Crippen LogP) is -1.21. The van der Waals surface area contributed by atoms with Gasteiger partial charge < -0.3 is 14.8 Å². The maximum absolute atomic E-state index is 11.3. The van der Waals surface area contributed by atoms with E-state index in [1.165, 1.54) is 7.11 Å². The number of sulfone groups is 1. The highest BCUT2D eigenvalue weighted by molar-refractivity contribution is 7.91. The Bertz CT molecular complexity index is 298. The largest absolute Gasteiger partial charge is 0.378 e. The van der Waals surface area contributed by atoms with Crippen LogP contribution in [-0.2, 0) is 19.3 Å². The van der Waals surface area contributed by atoms with Crippen LogP contribution < -0.4 is 5.32 Å². The molecule has 82 valence electrons. The second-order valence-electron chi connectivity index (χ2n) is 3.81. The van der Waals surface area contributed by atoms with E-state index in [0.29, 0.717) is 0 Å². The van der Waals surface area contributed by atoms with Crippen LogP contribution in [0.15, 0.2) is 0 Å². The number of nitrogens with one attached hydrogen (secondary N) is 1. The molecule has 0 radical (unpaired) electrons. The molecule has 0 bridgehead atoms. The lowest BCUT2D eigenvalue weighted by Crippen LogP contribution is -2.51. The molecule has 0 saturated carbocycles. The molecule has 0 spiro atoms. The van der Waals surface area contributed by atoms with Gasteiger partial charge in [-0.15, -0.1) is 0 Å². The molecule has 1 N–H and O–H groups in total. The fraction of sp³-hybridized carbons (Fsp3) is 1.00. The molecule has 2 heterocycles. The van der Waals surface area contributed by atoms with E-state index in [0.717, 1.165) is 13.1 Å². The summed E-state index contributed by atoms with van der Waals surface area (Å²) in [5.74, 6) is 0.191. The van der Waals surface area contributed by atoms with Crippen molar-refractivity contribution in [3.63, 3.8) is 0 Å². The summed E-state index contributed by atoms with van der Waals surface area (Å²) in [6.45, 7) is 1.62. The van der Waals surface area contributed by atoms with Crippen LogP contribution in [0.3, 0.4) is 0 Å². The second kappa shape index (κ2) is 3.77. The lowest BCUT2D eigenvalue weighted by molar-refractivity contribution is -0.0809. The third kappa shape index (κ3) is 2.08. The molecule has 2 fully saturated rings. The number of rotatable bonds is 3. The first-order valence-corrected chi connectivity index (χ1v) is 6.52. The van der Waals surface area contributed by atoms with E-state index in [-0.39, 0.29) is 29.8 Å². The molecular weight excluding hydrogens is 206 g/mol. The van der Waals surface area contributed by atoms with Gasteiger partial charge in [0.25, 0.3) is 0 Å². The van der Waals surface area contributed by atoms with E-state index in [1.807, 2.05) is 0 Å². The summed E-state index contributed by atoms with van der Waals surface area (Å²) >= 11 is 0. The van der Waals surface area contributed by atoms with Gasteiger partial charge in [0, 0.05) is 20.2 Å². The van der Waals surface area contributed by atoms with E-state index in [9.17, 15) is 8.42 Å². The Morgan fingerprint density at radius 3 is 2.36 bits per heavy atom. The maximum atomic E-state index is 11.3. The zero-order chi connectivity index (χ0) is 10.2. The predicted molar refractivity (Wildman–Crippen MR) is 51.0 cm³/mol. The molecule has 5 nitrogen and oxygen atoms in total. The molecule has 0 aromatic rings. The van der Waals surface area contributed by atoms with Crippen molar-refractivity contribution in [2.24, 2.45) is 0 Å². The monoisotopic (exact) mass is 221 g/mol. The van der Waals surface area contributed by atoms with Gasteiger partial charge in [0.05, 0.1) is 29.8 Å². The number of ether oxygens (including phenoxy) is 2. The van der Waals surface area contributed by atoms with Gasteiger partial charge in [-0.1, -0.05) is 0 Å². The molecule has 2 atom stereocenters. The van der Waals surface area contributed by atoms with Gasteiger partial charge in [-0.3, -0.25) is 0 Å². The number of hydrogen-bond acceptors (Lipinski definition) is 5. The summed E-state index contributed by atoms with van der Waals surface area (Å²) in [7, 11) is -1.43. The van der Waals surface area contributed by atoms with Crippen LogP contribution >= 0.6 is 0 Å².